The Labute approximate surface area is 95.8 Å². The Balaban J connectivity index is 2.21. The maximum absolute atomic E-state index is 11.7. The van der Waals surface area contributed by atoms with E-state index >= 15 is 0 Å². The summed E-state index contributed by atoms with van der Waals surface area (Å²) in [6, 6.07) is 0. The third kappa shape index (κ3) is 2.11. The fourth-order valence-electron chi connectivity index (χ4n) is 2.17. The van der Waals surface area contributed by atoms with Gasteiger partial charge in [-0.2, -0.15) is 12.7 Å². The van der Waals surface area contributed by atoms with Gasteiger partial charge in [0.15, 0.2) is 0 Å². The lowest BCUT2D eigenvalue weighted by Gasteiger charge is -2.25. The molecule has 0 bridgehead atoms. The lowest BCUT2D eigenvalue weighted by atomic mass is 10.3. The first-order valence-electron chi connectivity index (χ1n) is 5.10. The second-order valence-electron chi connectivity index (χ2n) is 4.33. The minimum atomic E-state index is -3.61. The molecule has 1 saturated carbocycles. The number of rotatable bonds is 4. The van der Waals surface area contributed by atoms with Crippen molar-refractivity contribution in [3.05, 3.63) is 0 Å². The van der Waals surface area contributed by atoms with Crippen molar-refractivity contribution in [2.45, 2.75) is 24.8 Å². The van der Waals surface area contributed by atoms with Gasteiger partial charge in [-0.1, -0.05) is 0 Å². The molecule has 0 radical (unpaired) electrons. The topological polar surface area (TPSA) is 80.8 Å². The summed E-state index contributed by atoms with van der Waals surface area (Å²) in [5.74, 6) is -0.0997. The van der Waals surface area contributed by atoms with Gasteiger partial charge in [0.1, 0.15) is 0 Å². The highest BCUT2D eigenvalue weighted by molar-refractivity contribution is 7.89. The highest BCUT2D eigenvalue weighted by atomic mass is 32.2. The van der Waals surface area contributed by atoms with Crippen molar-refractivity contribution in [3.8, 4) is 0 Å². The van der Waals surface area contributed by atoms with Crippen LogP contribution in [0.25, 0.3) is 0 Å². The smallest absolute Gasteiger partial charge is 0.268 e. The van der Waals surface area contributed by atoms with E-state index in [2.05, 4.69) is 4.18 Å². The molecule has 8 heteroatoms. The van der Waals surface area contributed by atoms with E-state index in [0.717, 1.165) is 7.11 Å². The zero-order valence-electron chi connectivity index (χ0n) is 9.05. The predicted octanol–water partition coefficient (Wildman–Crippen LogP) is -0.469. The van der Waals surface area contributed by atoms with Gasteiger partial charge in [0.25, 0.3) is 10.1 Å². The molecule has 0 amide bonds. The van der Waals surface area contributed by atoms with Crippen LogP contribution in [0, 0.1) is 0 Å². The van der Waals surface area contributed by atoms with Crippen molar-refractivity contribution >= 4 is 20.1 Å². The third-order valence-corrected chi connectivity index (χ3v) is 6.60. The SMILES string of the molecule is COS(=O)(=O)CC1(N2CCCS2(=O)=O)CC1. The third-order valence-electron chi connectivity index (χ3n) is 3.15. The van der Waals surface area contributed by atoms with Crippen LogP contribution < -0.4 is 0 Å². The molecule has 0 aromatic heterocycles. The minimum Gasteiger partial charge on any atom is -0.273 e. The molecule has 2 aliphatic rings. The van der Waals surface area contributed by atoms with E-state index in [1.165, 1.54) is 4.31 Å². The van der Waals surface area contributed by atoms with Gasteiger partial charge >= 0.3 is 0 Å². The van der Waals surface area contributed by atoms with E-state index in [0.29, 0.717) is 25.8 Å². The first kappa shape index (κ1) is 12.3. The van der Waals surface area contributed by atoms with Crippen LogP contribution in [0.1, 0.15) is 19.3 Å². The molecule has 1 aliphatic carbocycles. The molecule has 0 N–H and O–H groups in total. The van der Waals surface area contributed by atoms with Gasteiger partial charge in [-0.15, -0.1) is 0 Å². The quantitative estimate of drug-likeness (QED) is 0.645. The van der Waals surface area contributed by atoms with Crippen LogP contribution in [0.2, 0.25) is 0 Å². The van der Waals surface area contributed by atoms with Gasteiger partial charge in [-0.05, 0) is 19.3 Å². The Morgan fingerprint density at radius 2 is 2.00 bits per heavy atom. The van der Waals surface area contributed by atoms with Crippen LogP contribution in [0.4, 0.5) is 0 Å². The Kier molecular flexibility index (Phi) is 2.81. The molecule has 16 heavy (non-hydrogen) atoms. The maximum Gasteiger partial charge on any atom is 0.268 e. The molecule has 1 aliphatic heterocycles. The summed E-state index contributed by atoms with van der Waals surface area (Å²) in [4.78, 5) is 0. The highest BCUT2D eigenvalue weighted by Gasteiger charge is 2.56. The Morgan fingerprint density at radius 1 is 1.38 bits per heavy atom. The van der Waals surface area contributed by atoms with Gasteiger partial charge in [0.2, 0.25) is 10.0 Å². The first-order chi connectivity index (χ1) is 7.31. The van der Waals surface area contributed by atoms with Crippen molar-refractivity contribution in [2.75, 3.05) is 25.2 Å². The zero-order chi connectivity index (χ0) is 12.0. The van der Waals surface area contributed by atoms with Crippen LogP contribution in [0.5, 0.6) is 0 Å². The van der Waals surface area contributed by atoms with Crippen molar-refractivity contribution < 1.29 is 21.0 Å². The van der Waals surface area contributed by atoms with E-state index in [-0.39, 0.29) is 11.5 Å². The van der Waals surface area contributed by atoms with E-state index in [4.69, 9.17) is 0 Å². The Bertz CT molecular complexity index is 477. The molecular weight excluding hydrogens is 254 g/mol. The summed E-state index contributed by atoms with van der Waals surface area (Å²) < 4.78 is 51.9. The lowest BCUT2D eigenvalue weighted by molar-refractivity contribution is 0.328. The monoisotopic (exact) mass is 269 g/mol. The summed E-state index contributed by atoms with van der Waals surface area (Å²) in [6.07, 6.45) is 1.79. The van der Waals surface area contributed by atoms with Crippen molar-refractivity contribution in [1.82, 2.24) is 4.31 Å². The van der Waals surface area contributed by atoms with E-state index < -0.39 is 25.7 Å². The van der Waals surface area contributed by atoms with Gasteiger partial charge in [0, 0.05) is 6.54 Å². The zero-order valence-corrected chi connectivity index (χ0v) is 10.7. The number of hydrogen-bond donors (Lipinski definition) is 0. The lowest BCUT2D eigenvalue weighted by Crippen LogP contribution is -2.43. The molecule has 2 rings (SSSR count). The fraction of sp³-hybridized carbons (Fsp3) is 1.00. The first-order valence-corrected chi connectivity index (χ1v) is 8.29. The standard InChI is InChI=1S/C8H15NO5S2/c1-14-16(12,13)7-8(3-4-8)9-5-2-6-15(9,10)11/h2-7H2,1H3. The summed E-state index contributed by atoms with van der Waals surface area (Å²) in [5.41, 5.74) is -0.718. The largest absolute Gasteiger partial charge is 0.273 e. The normalized spacial score (nSPS) is 28.1. The second-order valence-corrected chi connectivity index (χ2v) is 8.08. The molecule has 0 aromatic carbocycles. The molecule has 0 spiro atoms. The van der Waals surface area contributed by atoms with E-state index in [1.54, 1.807) is 0 Å². The molecule has 6 nitrogen and oxygen atoms in total. The summed E-state index contributed by atoms with van der Waals surface area (Å²) in [5, 5.41) is 0. The van der Waals surface area contributed by atoms with Crippen LogP contribution in [0.15, 0.2) is 0 Å². The summed E-state index contributed by atoms with van der Waals surface area (Å²) >= 11 is 0. The van der Waals surface area contributed by atoms with Crippen LogP contribution >= 0.6 is 0 Å². The average molecular weight is 269 g/mol. The van der Waals surface area contributed by atoms with Gasteiger partial charge < -0.3 is 0 Å². The van der Waals surface area contributed by atoms with Crippen molar-refractivity contribution in [3.63, 3.8) is 0 Å². The number of sulfonamides is 1. The van der Waals surface area contributed by atoms with Gasteiger partial charge in [-0.25, -0.2) is 8.42 Å². The Hall–Kier alpha value is -0.180. The van der Waals surface area contributed by atoms with Crippen molar-refractivity contribution in [2.24, 2.45) is 0 Å². The molecule has 94 valence electrons. The minimum absolute atomic E-state index is 0.127. The molecule has 0 aromatic rings. The van der Waals surface area contributed by atoms with E-state index in [9.17, 15) is 16.8 Å². The van der Waals surface area contributed by atoms with Gasteiger partial charge in [-0.3, -0.25) is 4.18 Å². The average Bonchev–Trinajstić information content (AvgIpc) is 2.83. The van der Waals surface area contributed by atoms with Crippen LogP contribution in [-0.2, 0) is 24.3 Å². The highest BCUT2D eigenvalue weighted by Crippen LogP contribution is 2.46. The molecule has 1 heterocycles. The molecule has 0 unspecified atom stereocenters. The fourth-order valence-corrected chi connectivity index (χ4v) is 5.43. The summed E-state index contributed by atoms with van der Waals surface area (Å²) in [6.45, 7) is 0.432. The molecular formula is C8H15NO5S2. The molecule has 1 saturated heterocycles. The number of nitrogens with zero attached hydrogens (tertiary/aromatic N) is 1. The number of hydrogen-bond acceptors (Lipinski definition) is 5. The molecule has 2 fully saturated rings. The summed E-state index contributed by atoms with van der Waals surface area (Å²) in [7, 11) is -5.76. The van der Waals surface area contributed by atoms with Crippen LogP contribution in [-0.4, -0.2) is 51.8 Å². The predicted molar refractivity (Wildman–Crippen MR) is 57.9 cm³/mol. The molecule has 0 atom stereocenters. The van der Waals surface area contributed by atoms with Crippen molar-refractivity contribution in [1.29, 1.82) is 0 Å². The maximum atomic E-state index is 11.7. The Morgan fingerprint density at radius 3 is 2.38 bits per heavy atom. The van der Waals surface area contributed by atoms with Gasteiger partial charge in [0.05, 0.1) is 24.2 Å². The van der Waals surface area contributed by atoms with E-state index in [1.807, 2.05) is 0 Å². The second kappa shape index (κ2) is 3.66. The van der Waals surface area contributed by atoms with Crippen LogP contribution in [0.3, 0.4) is 0 Å².